The van der Waals surface area contributed by atoms with E-state index in [2.05, 4.69) is 15.5 Å². The van der Waals surface area contributed by atoms with Gasteiger partial charge >= 0.3 is 0 Å². The maximum atomic E-state index is 13.5. The van der Waals surface area contributed by atoms with E-state index < -0.39 is 0 Å². The summed E-state index contributed by atoms with van der Waals surface area (Å²) in [4.78, 5) is 18.0. The number of benzene rings is 3. The van der Waals surface area contributed by atoms with Gasteiger partial charge in [0.05, 0.1) is 28.0 Å². The number of tetrazole rings is 1. The van der Waals surface area contributed by atoms with Gasteiger partial charge in [-0.25, -0.2) is 9.37 Å². The van der Waals surface area contributed by atoms with E-state index in [4.69, 9.17) is 16.6 Å². The Balaban J connectivity index is 1.56. The van der Waals surface area contributed by atoms with Gasteiger partial charge in [0.2, 0.25) is 5.16 Å². The van der Waals surface area contributed by atoms with Gasteiger partial charge in [-0.05, 0) is 71.1 Å². The Hall–Kier alpha value is -3.56. The fraction of sp³-hybridized carbons (Fsp3) is 0.0455. The van der Waals surface area contributed by atoms with Crippen LogP contribution in [0.1, 0.15) is 5.82 Å². The van der Waals surface area contributed by atoms with Gasteiger partial charge in [-0.15, -0.1) is 5.10 Å². The summed E-state index contributed by atoms with van der Waals surface area (Å²) in [5.41, 5.74) is 1.64. The van der Waals surface area contributed by atoms with Crippen molar-refractivity contribution in [1.29, 1.82) is 0 Å². The van der Waals surface area contributed by atoms with Crippen molar-refractivity contribution < 1.29 is 4.39 Å². The van der Waals surface area contributed by atoms with Gasteiger partial charge in [0, 0.05) is 5.02 Å². The lowest BCUT2D eigenvalue weighted by Crippen LogP contribution is -2.23. The highest BCUT2D eigenvalue weighted by Gasteiger charge is 2.16. The Kier molecular flexibility index (Phi) is 5.42. The molecule has 0 saturated heterocycles. The Morgan fingerprint density at radius 3 is 2.44 bits per heavy atom. The molecule has 7 nitrogen and oxygen atoms in total. The first-order chi connectivity index (χ1) is 15.6. The molecule has 5 rings (SSSR count). The molecule has 0 radical (unpaired) electrons. The fourth-order valence-corrected chi connectivity index (χ4v) is 4.21. The third-order valence-corrected chi connectivity index (χ3v) is 5.94. The summed E-state index contributed by atoms with van der Waals surface area (Å²) in [5, 5.41) is 13.5. The summed E-state index contributed by atoms with van der Waals surface area (Å²) in [6.07, 6.45) is 0. The number of aromatic nitrogens is 6. The van der Waals surface area contributed by atoms with E-state index in [0.717, 1.165) is 5.69 Å². The Labute approximate surface area is 190 Å². The van der Waals surface area contributed by atoms with Gasteiger partial charge < -0.3 is 0 Å². The van der Waals surface area contributed by atoms with E-state index in [9.17, 15) is 9.18 Å². The maximum absolute atomic E-state index is 13.5. The number of fused-ring (bicyclic) bond motifs is 1. The van der Waals surface area contributed by atoms with E-state index in [1.54, 1.807) is 47.1 Å². The highest BCUT2D eigenvalue weighted by molar-refractivity contribution is 7.98. The quantitative estimate of drug-likeness (QED) is 0.358. The summed E-state index contributed by atoms with van der Waals surface area (Å²) in [7, 11) is 0. The largest absolute Gasteiger partial charge is 0.268 e. The smallest absolute Gasteiger partial charge is 0.265 e. The van der Waals surface area contributed by atoms with Crippen LogP contribution in [0.2, 0.25) is 5.02 Å². The van der Waals surface area contributed by atoms with Gasteiger partial charge in [0.25, 0.3) is 5.56 Å². The summed E-state index contributed by atoms with van der Waals surface area (Å²) >= 11 is 7.30. The monoisotopic (exact) mass is 464 g/mol. The average Bonchev–Trinajstić information content (AvgIpc) is 3.28. The van der Waals surface area contributed by atoms with Crippen LogP contribution in [0, 0.1) is 5.82 Å². The predicted molar refractivity (Wildman–Crippen MR) is 121 cm³/mol. The number of halogens is 2. The second-order valence-corrected chi connectivity index (χ2v) is 8.18. The molecule has 0 aliphatic heterocycles. The lowest BCUT2D eigenvalue weighted by Gasteiger charge is -2.13. The molecule has 5 aromatic rings. The molecule has 0 unspecified atom stereocenters. The molecule has 0 amide bonds. The number of hydrogen-bond acceptors (Lipinski definition) is 6. The van der Waals surface area contributed by atoms with Crippen LogP contribution in [0.3, 0.4) is 0 Å². The zero-order chi connectivity index (χ0) is 22.1. The van der Waals surface area contributed by atoms with Crippen molar-refractivity contribution in [1.82, 2.24) is 29.8 Å². The van der Waals surface area contributed by atoms with E-state index in [-0.39, 0.29) is 11.4 Å². The zero-order valence-electron chi connectivity index (χ0n) is 16.4. The average molecular weight is 465 g/mol. The molecule has 3 aromatic carbocycles. The van der Waals surface area contributed by atoms with Crippen LogP contribution in [-0.4, -0.2) is 29.8 Å². The molecule has 158 valence electrons. The Morgan fingerprint density at radius 2 is 1.66 bits per heavy atom. The van der Waals surface area contributed by atoms with Crippen molar-refractivity contribution in [3.63, 3.8) is 0 Å². The molecule has 0 bridgehead atoms. The van der Waals surface area contributed by atoms with Crippen LogP contribution in [0.15, 0.2) is 82.7 Å². The van der Waals surface area contributed by atoms with Crippen molar-refractivity contribution >= 4 is 34.3 Å². The minimum absolute atomic E-state index is 0.227. The fourth-order valence-electron chi connectivity index (χ4n) is 3.27. The van der Waals surface area contributed by atoms with E-state index >= 15 is 0 Å². The number of rotatable bonds is 5. The van der Waals surface area contributed by atoms with Gasteiger partial charge in [0.15, 0.2) is 0 Å². The van der Waals surface area contributed by atoms with Gasteiger partial charge in [-0.3, -0.25) is 9.36 Å². The normalized spacial score (nSPS) is 11.2. The second-order valence-electron chi connectivity index (χ2n) is 6.80. The minimum atomic E-state index is -0.381. The summed E-state index contributed by atoms with van der Waals surface area (Å²) in [6, 6.07) is 20.0. The van der Waals surface area contributed by atoms with Crippen LogP contribution in [0.4, 0.5) is 4.39 Å². The molecule has 2 aromatic heterocycles. The van der Waals surface area contributed by atoms with Crippen LogP contribution in [0.25, 0.3) is 22.3 Å². The molecule has 0 N–H and O–H groups in total. The van der Waals surface area contributed by atoms with Crippen molar-refractivity contribution in [2.24, 2.45) is 0 Å². The zero-order valence-corrected chi connectivity index (χ0v) is 18.0. The third-order valence-electron chi connectivity index (χ3n) is 4.77. The van der Waals surface area contributed by atoms with Crippen LogP contribution >= 0.6 is 23.4 Å². The summed E-state index contributed by atoms with van der Waals surface area (Å²) in [6.45, 7) is 0. The Morgan fingerprint density at radius 1 is 0.938 bits per heavy atom. The van der Waals surface area contributed by atoms with Crippen molar-refractivity contribution in [2.75, 3.05) is 0 Å². The number of nitrogens with zero attached hydrogens (tertiary/aromatic N) is 6. The Bertz CT molecular complexity index is 1470. The van der Waals surface area contributed by atoms with E-state index in [1.807, 2.05) is 18.2 Å². The number of para-hydroxylation sites is 1. The molecule has 0 saturated carbocycles. The second kappa shape index (κ2) is 8.52. The first kappa shape index (κ1) is 20.3. The standard InChI is InChI=1S/C22H14ClFN6OS/c23-14-5-9-17(10-6-14)30-22(26-27-28-30)32-13-20-25-19-4-2-1-3-18(19)21(31)29(20)16-11-7-15(24)8-12-16/h1-12H,13H2. The van der Waals surface area contributed by atoms with Crippen molar-refractivity contribution in [3.8, 4) is 11.4 Å². The highest BCUT2D eigenvalue weighted by atomic mass is 35.5. The van der Waals surface area contributed by atoms with E-state index in [1.165, 1.54) is 28.5 Å². The molecule has 0 aliphatic carbocycles. The summed E-state index contributed by atoms with van der Waals surface area (Å²) in [5.74, 6) is 0.426. The molecule has 2 heterocycles. The number of thioether (sulfide) groups is 1. The van der Waals surface area contributed by atoms with Gasteiger partial charge in [-0.2, -0.15) is 4.68 Å². The topological polar surface area (TPSA) is 78.5 Å². The summed E-state index contributed by atoms with van der Waals surface area (Å²) < 4.78 is 16.6. The molecular formula is C22H14ClFN6OS. The van der Waals surface area contributed by atoms with Crippen molar-refractivity contribution in [3.05, 3.63) is 99.8 Å². The van der Waals surface area contributed by atoms with Crippen LogP contribution in [0.5, 0.6) is 0 Å². The van der Waals surface area contributed by atoms with Crippen molar-refractivity contribution in [2.45, 2.75) is 10.9 Å². The minimum Gasteiger partial charge on any atom is -0.268 e. The van der Waals surface area contributed by atoms with Gasteiger partial charge in [-0.1, -0.05) is 35.5 Å². The SMILES string of the molecule is O=c1c2ccccc2nc(CSc2nnnn2-c2ccc(Cl)cc2)n1-c1ccc(F)cc1. The molecule has 32 heavy (non-hydrogen) atoms. The lowest BCUT2D eigenvalue weighted by atomic mass is 10.2. The first-order valence-corrected chi connectivity index (χ1v) is 10.9. The van der Waals surface area contributed by atoms with E-state index in [0.29, 0.717) is 38.3 Å². The molecule has 0 atom stereocenters. The van der Waals surface area contributed by atoms with Crippen LogP contribution < -0.4 is 5.56 Å². The lowest BCUT2D eigenvalue weighted by molar-refractivity contribution is 0.627. The molecule has 0 spiro atoms. The molecule has 0 aliphatic rings. The first-order valence-electron chi connectivity index (χ1n) is 9.54. The molecule has 10 heteroatoms. The predicted octanol–water partition coefficient (Wildman–Crippen LogP) is 4.45. The maximum Gasteiger partial charge on any atom is 0.265 e. The highest BCUT2D eigenvalue weighted by Crippen LogP contribution is 2.24. The molecule has 0 fully saturated rings. The van der Waals surface area contributed by atoms with Crippen LogP contribution in [-0.2, 0) is 5.75 Å². The number of hydrogen-bond donors (Lipinski definition) is 0. The molecular weight excluding hydrogens is 451 g/mol. The van der Waals surface area contributed by atoms with Gasteiger partial charge in [0.1, 0.15) is 11.6 Å². The third kappa shape index (κ3) is 3.88.